The highest BCUT2D eigenvalue weighted by Crippen LogP contribution is 2.08. The van der Waals surface area contributed by atoms with Crippen LogP contribution >= 0.6 is 0 Å². The molecule has 4 heteroatoms. The van der Waals surface area contributed by atoms with E-state index in [-0.39, 0.29) is 18.0 Å². The Morgan fingerprint density at radius 1 is 1.40 bits per heavy atom. The van der Waals surface area contributed by atoms with E-state index < -0.39 is 16.9 Å². The summed E-state index contributed by atoms with van der Waals surface area (Å²) >= 11 is 0. The maximum absolute atomic E-state index is 11.7. The number of ketones is 1. The van der Waals surface area contributed by atoms with Gasteiger partial charge in [-0.15, -0.1) is 0 Å². The highest BCUT2D eigenvalue weighted by atomic mass is 32.2. The second-order valence-corrected chi connectivity index (χ2v) is 4.88. The largest absolute Gasteiger partial charge is 0.392 e. The number of hydrogen-bond acceptors (Lipinski definition) is 3. The third-order valence-corrected chi connectivity index (χ3v) is 3.36. The first kappa shape index (κ1) is 12.1. The van der Waals surface area contributed by atoms with Crippen LogP contribution in [0.1, 0.15) is 13.3 Å². The molecule has 1 N–H and O–H groups in total. The van der Waals surface area contributed by atoms with Crippen LogP contribution in [0.15, 0.2) is 35.2 Å². The predicted octanol–water partition coefficient (Wildman–Crippen LogP) is 1.13. The van der Waals surface area contributed by atoms with Gasteiger partial charge in [-0.3, -0.25) is 9.00 Å². The molecule has 1 rings (SSSR count). The van der Waals surface area contributed by atoms with Crippen molar-refractivity contribution in [3.8, 4) is 0 Å². The van der Waals surface area contributed by atoms with E-state index in [2.05, 4.69) is 0 Å². The first-order valence-corrected chi connectivity index (χ1v) is 6.02. The van der Waals surface area contributed by atoms with Crippen LogP contribution in [0.3, 0.4) is 0 Å². The Bertz CT molecular complexity index is 348. The summed E-state index contributed by atoms with van der Waals surface area (Å²) in [7, 11) is -1.23. The molecule has 0 saturated heterocycles. The van der Waals surface area contributed by atoms with E-state index in [1.165, 1.54) is 6.92 Å². The first-order valence-electron chi connectivity index (χ1n) is 4.70. The van der Waals surface area contributed by atoms with Crippen molar-refractivity contribution < 1.29 is 14.1 Å². The molecule has 0 aliphatic rings. The fraction of sp³-hybridized carbons (Fsp3) is 0.364. The predicted molar refractivity (Wildman–Crippen MR) is 59.0 cm³/mol. The summed E-state index contributed by atoms with van der Waals surface area (Å²) in [5.41, 5.74) is 0. The van der Waals surface area contributed by atoms with Crippen molar-refractivity contribution in [2.45, 2.75) is 24.3 Å². The first-order chi connectivity index (χ1) is 7.09. The molecule has 0 radical (unpaired) electrons. The molecule has 15 heavy (non-hydrogen) atoms. The minimum absolute atomic E-state index is 0.0680. The van der Waals surface area contributed by atoms with E-state index in [1.54, 1.807) is 24.3 Å². The van der Waals surface area contributed by atoms with Crippen LogP contribution in [0.2, 0.25) is 0 Å². The lowest BCUT2D eigenvalue weighted by molar-refractivity contribution is -0.118. The Morgan fingerprint density at radius 2 is 2.00 bits per heavy atom. The van der Waals surface area contributed by atoms with Gasteiger partial charge in [0.25, 0.3) is 0 Å². The lowest BCUT2D eigenvalue weighted by Gasteiger charge is -2.07. The average Bonchev–Trinajstić information content (AvgIpc) is 2.17. The molecule has 1 aromatic carbocycles. The summed E-state index contributed by atoms with van der Waals surface area (Å²) in [6, 6.07) is 8.93. The van der Waals surface area contributed by atoms with Gasteiger partial charge in [-0.05, 0) is 19.1 Å². The monoisotopic (exact) mass is 226 g/mol. The Morgan fingerprint density at radius 3 is 2.53 bits per heavy atom. The molecule has 82 valence electrons. The summed E-state index contributed by atoms with van der Waals surface area (Å²) in [6.45, 7) is 1.41. The average molecular weight is 226 g/mol. The zero-order valence-electron chi connectivity index (χ0n) is 8.55. The maximum atomic E-state index is 11.7. The molecule has 0 saturated carbocycles. The zero-order valence-corrected chi connectivity index (χ0v) is 9.37. The Hall–Kier alpha value is -1.00. The Kier molecular flexibility index (Phi) is 4.65. The fourth-order valence-electron chi connectivity index (χ4n) is 1.23. The van der Waals surface area contributed by atoms with Crippen LogP contribution in [0.25, 0.3) is 0 Å². The standard InChI is InChI=1S/C11H14O3S/c1-9(12)7-10(13)8-15(14)11-5-3-2-4-6-11/h2-6,10,13H,7-8H2,1H3/t10-,15?/m1/s1. The topological polar surface area (TPSA) is 54.4 Å². The molecule has 1 aromatic rings. The van der Waals surface area contributed by atoms with Crippen LogP contribution in [-0.4, -0.2) is 27.0 Å². The highest BCUT2D eigenvalue weighted by Gasteiger charge is 2.12. The van der Waals surface area contributed by atoms with Crippen LogP contribution in [-0.2, 0) is 15.6 Å². The van der Waals surface area contributed by atoms with Crippen LogP contribution < -0.4 is 0 Å². The number of rotatable bonds is 5. The third-order valence-electron chi connectivity index (χ3n) is 1.87. The normalized spacial score (nSPS) is 14.5. The highest BCUT2D eigenvalue weighted by molar-refractivity contribution is 7.85. The van der Waals surface area contributed by atoms with Crippen molar-refractivity contribution in [1.29, 1.82) is 0 Å². The summed E-state index contributed by atoms with van der Waals surface area (Å²) in [4.78, 5) is 11.4. The van der Waals surface area contributed by atoms with Crippen molar-refractivity contribution in [1.82, 2.24) is 0 Å². The molecule has 2 atom stereocenters. The minimum atomic E-state index is -1.23. The van der Waals surface area contributed by atoms with E-state index in [0.717, 1.165) is 0 Å². The molecule has 0 spiro atoms. The molecule has 0 aromatic heterocycles. The van der Waals surface area contributed by atoms with Crippen LogP contribution in [0, 0.1) is 0 Å². The number of aliphatic hydroxyl groups excluding tert-OH is 1. The second kappa shape index (κ2) is 5.78. The number of Topliss-reactive ketones (excluding diaryl/α,β-unsaturated/α-hetero) is 1. The van der Waals surface area contributed by atoms with Gasteiger partial charge in [-0.25, -0.2) is 0 Å². The van der Waals surface area contributed by atoms with Gasteiger partial charge in [0.1, 0.15) is 5.78 Å². The van der Waals surface area contributed by atoms with Crippen molar-refractivity contribution in [3.05, 3.63) is 30.3 Å². The molecule has 1 unspecified atom stereocenters. The van der Waals surface area contributed by atoms with Gasteiger partial charge in [0.05, 0.1) is 22.7 Å². The van der Waals surface area contributed by atoms with Gasteiger partial charge >= 0.3 is 0 Å². The molecule has 0 bridgehead atoms. The van der Waals surface area contributed by atoms with Gasteiger partial charge in [0.2, 0.25) is 0 Å². The van der Waals surface area contributed by atoms with Crippen LogP contribution in [0.5, 0.6) is 0 Å². The molecular weight excluding hydrogens is 212 g/mol. The molecule has 0 fully saturated rings. The molecule has 0 amide bonds. The summed E-state index contributed by atoms with van der Waals surface area (Å²) < 4.78 is 11.7. The lowest BCUT2D eigenvalue weighted by atomic mass is 10.2. The SMILES string of the molecule is CC(=O)C[C@@H](O)CS(=O)c1ccccc1. The number of carbonyl (C=O) groups is 1. The minimum Gasteiger partial charge on any atom is -0.392 e. The van der Waals surface area contributed by atoms with E-state index in [0.29, 0.717) is 4.90 Å². The Balaban J connectivity index is 2.53. The van der Waals surface area contributed by atoms with Crippen LogP contribution in [0.4, 0.5) is 0 Å². The Labute approximate surface area is 91.6 Å². The van der Waals surface area contributed by atoms with E-state index in [9.17, 15) is 14.1 Å². The lowest BCUT2D eigenvalue weighted by Crippen LogP contribution is -2.19. The van der Waals surface area contributed by atoms with E-state index in [4.69, 9.17) is 0 Å². The van der Waals surface area contributed by atoms with E-state index in [1.807, 2.05) is 6.07 Å². The van der Waals surface area contributed by atoms with Gasteiger partial charge in [-0.1, -0.05) is 18.2 Å². The van der Waals surface area contributed by atoms with Gasteiger partial charge in [0.15, 0.2) is 0 Å². The molecule has 0 aliphatic carbocycles. The van der Waals surface area contributed by atoms with Crippen molar-refractivity contribution in [3.63, 3.8) is 0 Å². The molecule has 0 aliphatic heterocycles. The molecular formula is C11H14O3S. The van der Waals surface area contributed by atoms with E-state index >= 15 is 0 Å². The van der Waals surface area contributed by atoms with Crippen molar-refractivity contribution in [2.24, 2.45) is 0 Å². The molecule has 0 heterocycles. The second-order valence-electron chi connectivity index (χ2n) is 3.39. The van der Waals surface area contributed by atoms with Gasteiger partial charge in [-0.2, -0.15) is 0 Å². The number of carbonyl (C=O) groups excluding carboxylic acids is 1. The van der Waals surface area contributed by atoms with Crippen molar-refractivity contribution >= 4 is 16.6 Å². The number of hydrogen-bond donors (Lipinski definition) is 1. The quantitative estimate of drug-likeness (QED) is 0.819. The zero-order chi connectivity index (χ0) is 11.3. The summed E-state index contributed by atoms with van der Waals surface area (Å²) in [5, 5.41) is 9.44. The summed E-state index contributed by atoms with van der Waals surface area (Å²) in [5.74, 6) is 0.0245. The number of aliphatic hydroxyl groups is 1. The maximum Gasteiger partial charge on any atom is 0.132 e. The third kappa shape index (κ3) is 4.36. The molecule has 3 nitrogen and oxygen atoms in total. The summed E-state index contributed by atoms with van der Waals surface area (Å²) in [6.07, 6.45) is -0.748. The van der Waals surface area contributed by atoms with Gasteiger partial charge in [0, 0.05) is 11.3 Å². The fourth-order valence-corrected chi connectivity index (χ4v) is 2.35. The smallest absolute Gasteiger partial charge is 0.132 e. The van der Waals surface area contributed by atoms with Gasteiger partial charge < -0.3 is 5.11 Å². The number of benzene rings is 1. The van der Waals surface area contributed by atoms with Crippen molar-refractivity contribution in [2.75, 3.05) is 5.75 Å².